The molecule has 1 N–H and O–H groups in total. The van der Waals surface area contributed by atoms with E-state index in [-0.39, 0.29) is 60.7 Å². The van der Waals surface area contributed by atoms with Crippen LogP contribution in [-0.4, -0.2) is 41.5 Å². The van der Waals surface area contributed by atoms with Crippen molar-refractivity contribution in [3.05, 3.63) is 63.0 Å². The molecule has 0 unspecified atom stereocenters. The van der Waals surface area contributed by atoms with Gasteiger partial charge in [-0.3, -0.25) is 18.5 Å². The average Bonchev–Trinajstić information content (AvgIpc) is 3.35. The number of rotatable bonds is 9. The summed E-state index contributed by atoms with van der Waals surface area (Å²) in [6.45, 7) is 2.06. The number of hydrogen-bond donors (Lipinski definition) is 1. The van der Waals surface area contributed by atoms with E-state index < -0.39 is 17.4 Å². The Labute approximate surface area is 196 Å². The van der Waals surface area contributed by atoms with Crippen LogP contribution in [0.2, 0.25) is 0 Å². The Morgan fingerprint density at radius 3 is 2.60 bits per heavy atom. The smallest absolute Gasteiger partial charge is 0.394 e. The number of benzene rings is 1. The van der Waals surface area contributed by atoms with Gasteiger partial charge in [0, 0.05) is 33.2 Å². The first-order chi connectivity index (χ1) is 16.6. The summed E-state index contributed by atoms with van der Waals surface area (Å²) in [6, 6.07) is 5.45. The lowest BCUT2D eigenvalue weighted by molar-refractivity contribution is -0.159. The number of aromatic nitrogens is 5. The summed E-state index contributed by atoms with van der Waals surface area (Å²) >= 11 is 0. The molecule has 0 fully saturated rings. The Morgan fingerprint density at radius 1 is 1.20 bits per heavy atom. The van der Waals surface area contributed by atoms with Crippen LogP contribution < -0.4 is 20.7 Å². The Hall–Kier alpha value is -4.00. The van der Waals surface area contributed by atoms with Gasteiger partial charge in [0.05, 0.1) is 6.20 Å². The zero-order valence-corrected chi connectivity index (χ0v) is 19.2. The van der Waals surface area contributed by atoms with Crippen LogP contribution in [-0.2, 0) is 20.1 Å². The van der Waals surface area contributed by atoms with Gasteiger partial charge in [0.2, 0.25) is 5.89 Å². The van der Waals surface area contributed by atoms with Crippen LogP contribution in [0.25, 0.3) is 11.2 Å². The maximum absolute atomic E-state index is 13.3. The van der Waals surface area contributed by atoms with Crippen LogP contribution in [0.5, 0.6) is 17.5 Å². The summed E-state index contributed by atoms with van der Waals surface area (Å²) in [5.41, 5.74) is -1.15. The third kappa shape index (κ3) is 5.09. The van der Waals surface area contributed by atoms with E-state index in [0.717, 1.165) is 4.57 Å². The maximum Gasteiger partial charge on any atom is 0.394 e. The number of halogens is 2. The molecule has 1 aromatic carbocycles. The molecule has 0 bridgehead atoms. The molecule has 0 saturated heterocycles. The van der Waals surface area contributed by atoms with Gasteiger partial charge >= 0.3 is 17.8 Å². The molecule has 0 aliphatic rings. The van der Waals surface area contributed by atoms with Crippen LogP contribution >= 0.6 is 0 Å². The molecule has 0 atom stereocenters. The second kappa shape index (κ2) is 9.33. The number of aryl methyl sites for hydroxylation is 2. The molecular formula is C22H23F2N5O6. The third-order valence-corrected chi connectivity index (χ3v) is 5.01. The van der Waals surface area contributed by atoms with E-state index in [2.05, 4.69) is 14.7 Å². The number of fused-ring (bicyclic) bond motifs is 1. The molecule has 0 spiro atoms. The van der Waals surface area contributed by atoms with Gasteiger partial charge in [-0.2, -0.15) is 13.8 Å². The average molecular weight is 491 g/mol. The lowest BCUT2D eigenvalue weighted by atomic mass is 10.3. The fourth-order valence-corrected chi connectivity index (χ4v) is 3.53. The predicted octanol–water partition coefficient (Wildman–Crippen LogP) is 2.41. The largest absolute Gasteiger partial charge is 0.444 e. The van der Waals surface area contributed by atoms with Crippen LogP contribution in [0.3, 0.4) is 0 Å². The van der Waals surface area contributed by atoms with Crippen molar-refractivity contribution in [1.82, 2.24) is 23.7 Å². The molecular weight excluding hydrogens is 468 g/mol. The van der Waals surface area contributed by atoms with Crippen molar-refractivity contribution < 1.29 is 27.8 Å². The van der Waals surface area contributed by atoms with Crippen molar-refractivity contribution in [1.29, 1.82) is 0 Å². The number of oxazole rings is 1. The van der Waals surface area contributed by atoms with Crippen LogP contribution in [0.4, 0.5) is 8.78 Å². The van der Waals surface area contributed by atoms with Crippen molar-refractivity contribution in [3.8, 4) is 17.5 Å². The van der Waals surface area contributed by atoms with Crippen molar-refractivity contribution >= 4 is 11.2 Å². The molecule has 186 valence electrons. The van der Waals surface area contributed by atoms with Gasteiger partial charge in [0.15, 0.2) is 11.2 Å². The highest BCUT2D eigenvalue weighted by molar-refractivity contribution is 5.72. The fourth-order valence-electron chi connectivity index (χ4n) is 3.53. The molecule has 0 aliphatic carbocycles. The number of alkyl halides is 2. The van der Waals surface area contributed by atoms with Gasteiger partial charge in [0.1, 0.15) is 23.8 Å². The van der Waals surface area contributed by atoms with Crippen LogP contribution in [0.15, 0.2) is 44.5 Å². The zero-order chi connectivity index (χ0) is 25.3. The Balaban J connectivity index is 1.86. The van der Waals surface area contributed by atoms with Gasteiger partial charge in [0.25, 0.3) is 5.56 Å². The second-order valence-corrected chi connectivity index (χ2v) is 7.88. The van der Waals surface area contributed by atoms with Crippen molar-refractivity contribution in [2.24, 2.45) is 7.05 Å². The minimum Gasteiger partial charge on any atom is -0.444 e. The molecule has 3 aromatic heterocycles. The van der Waals surface area contributed by atoms with Crippen molar-refractivity contribution in [2.75, 3.05) is 6.61 Å². The quantitative estimate of drug-likeness (QED) is 0.378. The van der Waals surface area contributed by atoms with Gasteiger partial charge in [-0.15, -0.1) is 0 Å². The zero-order valence-electron chi connectivity index (χ0n) is 19.2. The lowest BCUT2D eigenvalue weighted by Crippen LogP contribution is -2.39. The minimum atomic E-state index is -3.40. The molecule has 13 heteroatoms. The standard InChI is InChI=1S/C22H23F2N5O6/c1-13-11-25-16(33-13)12-29-17-18(27(3)21(32)28(19(17)31)8-5-9-30)26-20(29)34-14-6-4-7-15(10-14)35-22(2,23)24/h4,6-7,10-11,30H,5,8-9,12H2,1-3H3. The van der Waals surface area contributed by atoms with Crippen molar-refractivity contribution in [2.45, 2.75) is 39.5 Å². The molecule has 4 rings (SSSR count). The third-order valence-electron chi connectivity index (χ3n) is 5.01. The highest BCUT2D eigenvalue weighted by atomic mass is 19.3. The summed E-state index contributed by atoms with van der Waals surface area (Å²) in [7, 11) is 1.45. The van der Waals surface area contributed by atoms with Crippen LogP contribution in [0, 0.1) is 6.92 Å². The number of aliphatic hydroxyl groups is 1. The second-order valence-electron chi connectivity index (χ2n) is 7.88. The first kappa shape index (κ1) is 24.1. The SMILES string of the molecule is Cc1cnc(Cn2c(Oc3cccc(OC(C)(F)F)c3)nc3c2c(=O)n(CCCO)c(=O)n3C)o1. The van der Waals surface area contributed by atoms with Gasteiger partial charge in [-0.25, -0.2) is 9.78 Å². The summed E-state index contributed by atoms with van der Waals surface area (Å²) in [5, 5.41) is 9.17. The highest BCUT2D eigenvalue weighted by Gasteiger charge is 2.25. The van der Waals surface area contributed by atoms with E-state index in [9.17, 15) is 18.4 Å². The fraction of sp³-hybridized carbons (Fsp3) is 0.364. The highest BCUT2D eigenvalue weighted by Crippen LogP contribution is 2.29. The molecule has 35 heavy (non-hydrogen) atoms. The molecule has 3 heterocycles. The van der Waals surface area contributed by atoms with E-state index >= 15 is 0 Å². The Kier molecular flexibility index (Phi) is 6.43. The predicted molar refractivity (Wildman–Crippen MR) is 119 cm³/mol. The number of aliphatic hydroxyl groups excluding tert-OH is 1. The van der Waals surface area contributed by atoms with E-state index in [0.29, 0.717) is 12.7 Å². The number of nitrogens with zero attached hydrogens (tertiary/aromatic N) is 5. The van der Waals surface area contributed by atoms with Crippen LogP contribution in [0.1, 0.15) is 25.0 Å². The van der Waals surface area contributed by atoms with E-state index in [4.69, 9.17) is 14.3 Å². The Morgan fingerprint density at radius 2 is 1.94 bits per heavy atom. The van der Waals surface area contributed by atoms with Crippen molar-refractivity contribution in [3.63, 3.8) is 0 Å². The summed E-state index contributed by atoms with van der Waals surface area (Å²) < 4.78 is 46.1. The minimum absolute atomic E-state index is 0.00202. The summed E-state index contributed by atoms with van der Waals surface area (Å²) in [4.78, 5) is 34.6. The topological polar surface area (TPSA) is 127 Å². The monoisotopic (exact) mass is 491 g/mol. The van der Waals surface area contributed by atoms with E-state index in [1.807, 2.05) is 0 Å². The number of imidazole rings is 1. The molecule has 0 amide bonds. The van der Waals surface area contributed by atoms with Gasteiger partial charge < -0.3 is 19.0 Å². The summed E-state index contributed by atoms with van der Waals surface area (Å²) in [6.07, 6.45) is -1.69. The van der Waals surface area contributed by atoms with Gasteiger partial charge in [-0.05, 0) is 25.5 Å². The number of hydrogen-bond acceptors (Lipinski definition) is 8. The molecule has 0 aliphatic heterocycles. The first-order valence-corrected chi connectivity index (χ1v) is 10.6. The lowest BCUT2D eigenvalue weighted by Gasteiger charge is -2.14. The maximum atomic E-state index is 13.3. The Bertz CT molecular complexity index is 1480. The molecule has 11 nitrogen and oxygen atoms in total. The van der Waals surface area contributed by atoms with E-state index in [1.165, 1.54) is 46.6 Å². The van der Waals surface area contributed by atoms with Gasteiger partial charge in [-0.1, -0.05) is 6.07 Å². The summed E-state index contributed by atoms with van der Waals surface area (Å²) in [5.74, 6) is 0.770. The first-order valence-electron chi connectivity index (χ1n) is 10.6. The molecule has 0 radical (unpaired) electrons. The normalized spacial score (nSPS) is 11.8. The number of ether oxygens (including phenoxy) is 2. The molecule has 4 aromatic rings. The van der Waals surface area contributed by atoms with E-state index in [1.54, 1.807) is 6.92 Å². The molecule has 0 saturated carbocycles.